The minimum Gasteiger partial charge on any atom is -0.448 e. The molecule has 19 heteroatoms. The van der Waals surface area contributed by atoms with Crippen molar-refractivity contribution in [2.24, 2.45) is 12.2 Å². The quantitative estimate of drug-likeness (QED) is 0.0178. The first-order valence-electron chi connectivity index (χ1n) is 22.5. The van der Waals surface area contributed by atoms with Gasteiger partial charge in [-0.15, -0.1) is 28.2 Å². The molecule has 1 fully saturated rings. The summed E-state index contributed by atoms with van der Waals surface area (Å²) in [5.74, 6) is -2.13. The lowest BCUT2D eigenvalue weighted by atomic mass is 9.80. The van der Waals surface area contributed by atoms with Crippen LogP contribution in [-0.2, 0) is 41.3 Å². The Bertz CT molecular complexity index is 3030. The zero-order chi connectivity index (χ0) is 50.5. The number of thioether (sulfide) groups is 2. The molecule has 0 saturated carbocycles. The lowest BCUT2D eigenvalue weighted by Crippen LogP contribution is -2.78. The number of amides is 3. The number of nitrogens with one attached hydrogen (secondary N) is 2. The number of thiocarbonyl (C=S) groups is 1. The van der Waals surface area contributed by atoms with Crippen LogP contribution in [0.25, 0.3) is 5.57 Å². The van der Waals surface area contributed by atoms with Gasteiger partial charge in [-0.1, -0.05) is 186 Å². The van der Waals surface area contributed by atoms with E-state index in [0.717, 1.165) is 23.1 Å². The van der Waals surface area contributed by atoms with Crippen LogP contribution in [0, 0.1) is 0 Å². The van der Waals surface area contributed by atoms with Crippen molar-refractivity contribution in [1.82, 2.24) is 30.2 Å². The van der Waals surface area contributed by atoms with Gasteiger partial charge in [-0.2, -0.15) is 0 Å². The smallest absolute Gasteiger partial charge is 0.413 e. The lowest BCUT2D eigenvalue weighted by Gasteiger charge is -2.56. The average Bonchev–Trinajstić information content (AvgIpc) is 4.05. The predicted molar refractivity (Wildman–Crippen MR) is 283 cm³/mol. The van der Waals surface area contributed by atoms with Gasteiger partial charge >= 0.3 is 12.1 Å². The summed E-state index contributed by atoms with van der Waals surface area (Å²) in [5.41, 5.74) is 1.87. The van der Waals surface area contributed by atoms with Crippen LogP contribution in [0.5, 0.6) is 0 Å². The molecule has 3 amide bonds. The molecular formula is C53H46N8O7S4. The van der Waals surface area contributed by atoms with E-state index in [0.29, 0.717) is 39.1 Å². The fourth-order valence-electron chi connectivity index (χ4n) is 8.40. The number of oxime groups is 1. The van der Waals surface area contributed by atoms with E-state index in [1.165, 1.54) is 37.6 Å². The average molecular weight is 1040 g/mol. The Labute approximate surface area is 433 Å². The van der Waals surface area contributed by atoms with Crippen molar-refractivity contribution in [3.8, 4) is 0 Å². The number of carbonyl (C=O) groups is 4. The number of thiazole rings is 1. The van der Waals surface area contributed by atoms with Crippen LogP contribution >= 0.6 is 47.1 Å². The highest BCUT2D eigenvalue weighted by Gasteiger charge is 2.66. The van der Waals surface area contributed by atoms with E-state index in [2.05, 4.69) is 25.9 Å². The molecule has 0 unspecified atom stereocenters. The fraction of sp³-hybridized carbons (Fsp3) is 0.189. The van der Waals surface area contributed by atoms with Gasteiger partial charge in [0.25, 0.3) is 11.8 Å². The molecule has 2 aliphatic rings. The summed E-state index contributed by atoms with van der Waals surface area (Å²) in [6.07, 6.45) is -0.0837. The highest BCUT2D eigenvalue weighted by atomic mass is 32.2. The Morgan fingerprint density at radius 3 is 1.89 bits per heavy atom. The molecule has 2 N–H and O–H groups in total. The molecular weight excluding hydrogens is 989 g/mol. The summed E-state index contributed by atoms with van der Waals surface area (Å²) in [6, 6.07) is 47.0. The molecule has 7 aromatic rings. The number of rotatable bonds is 16. The van der Waals surface area contributed by atoms with E-state index in [4.69, 9.17) is 31.7 Å². The van der Waals surface area contributed by atoms with Gasteiger partial charge in [0.2, 0.25) is 10.5 Å². The summed E-state index contributed by atoms with van der Waals surface area (Å²) in [7, 11) is 1.69. The third-order valence-electron chi connectivity index (χ3n) is 11.6. The Hall–Kier alpha value is -7.45. The monoisotopic (exact) mass is 1030 g/mol. The number of fused-ring (bicyclic) bond motifs is 1. The van der Waals surface area contributed by atoms with Crippen molar-refractivity contribution in [3.63, 3.8) is 0 Å². The van der Waals surface area contributed by atoms with Crippen molar-refractivity contribution in [3.05, 3.63) is 208 Å². The molecule has 2 aromatic heterocycles. The normalized spacial score (nSPS) is 16.8. The van der Waals surface area contributed by atoms with Gasteiger partial charge in [0, 0.05) is 45.1 Å². The summed E-state index contributed by atoms with van der Waals surface area (Å²) in [6.45, 7) is 5.20. The maximum atomic E-state index is 15.3. The number of benzene rings is 5. The van der Waals surface area contributed by atoms with Crippen molar-refractivity contribution >= 4 is 92.1 Å². The zero-order valence-corrected chi connectivity index (χ0v) is 42.5. The molecule has 4 heterocycles. The molecule has 2 atom stereocenters. The summed E-state index contributed by atoms with van der Waals surface area (Å²) < 4.78 is 14.7. The van der Waals surface area contributed by atoms with E-state index >= 15 is 9.59 Å². The first-order chi connectivity index (χ1) is 34.8. The van der Waals surface area contributed by atoms with Gasteiger partial charge in [0.05, 0.1) is 11.9 Å². The van der Waals surface area contributed by atoms with Crippen molar-refractivity contribution in [1.29, 1.82) is 0 Å². The molecule has 0 aliphatic carbocycles. The van der Waals surface area contributed by atoms with Crippen molar-refractivity contribution in [2.45, 2.75) is 48.3 Å². The Morgan fingerprint density at radius 1 is 0.847 bits per heavy atom. The van der Waals surface area contributed by atoms with E-state index in [9.17, 15) is 9.59 Å². The van der Waals surface area contributed by atoms with Gasteiger partial charge in [0.1, 0.15) is 22.4 Å². The number of aromatic nitrogens is 4. The Balaban J connectivity index is 1.12. The van der Waals surface area contributed by atoms with E-state index in [1.54, 1.807) is 27.8 Å². The second-order valence-corrected chi connectivity index (χ2v) is 21.0. The van der Waals surface area contributed by atoms with Crippen LogP contribution in [0.3, 0.4) is 0 Å². The van der Waals surface area contributed by atoms with Gasteiger partial charge in [-0.05, 0) is 31.9 Å². The van der Waals surface area contributed by atoms with Crippen LogP contribution < -0.4 is 10.6 Å². The SMILES string of the molecule is Cn1nncc1C1=C(C(=O)OC(c2ccccc2)c2ccccc2)N2C(=O)[C@](NC(=O)C(=NOC(c3ccccc3)(c3ccccc3)c3ccccc3)c3csc(NC(=O)OC(C)(C)C)n3)(SC=S)[C@@H]2SC1. The molecule has 1 saturated heterocycles. The number of nitrogens with zero attached hydrogens (tertiary/aromatic N) is 6. The second kappa shape index (κ2) is 21.1. The molecule has 9 rings (SSSR count). The van der Waals surface area contributed by atoms with Gasteiger partial charge in [-0.3, -0.25) is 19.8 Å². The molecule has 5 aromatic carbocycles. The number of esters is 1. The van der Waals surface area contributed by atoms with Crippen molar-refractivity contribution in [2.75, 3.05) is 11.1 Å². The highest BCUT2D eigenvalue weighted by Crippen LogP contribution is 2.53. The van der Waals surface area contributed by atoms with E-state index in [1.807, 2.05) is 152 Å². The zero-order valence-electron chi connectivity index (χ0n) is 39.2. The van der Waals surface area contributed by atoms with E-state index < -0.39 is 51.4 Å². The van der Waals surface area contributed by atoms with Crippen LogP contribution in [0.15, 0.2) is 174 Å². The minimum atomic E-state index is -1.78. The first kappa shape index (κ1) is 49.5. The Morgan fingerprint density at radius 2 is 1.39 bits per heavy atom. The standard InChI is InChI=1S/C53H46N8O7S4/c1-51(2,3)67-50(65)56-49-55-40(32-71-49)42(58-68-52(36-24-14-7-15-25-36,37-26-16-8-17-27-37)38-28-18-9-19-29-38)45(62)57-53(72-33-69)47(64)61-43(39(31-70-48(53)61)41-30-54-59-60(41)4)46(63)66-44(34-20-10-5-11-21-34)35-22-12-6-13-23-35/h5-30,32-33,44,48H,31H2,1-4H3,(H,57,62)(H,55,56,65)/t48-,53-/m0/s1. The van der Waals surface area contributed by atoms with Crippen LogP contribution in [-0.4, -0.2) is 80.8 Å². The van der Waals surface area contributed by atoms with Gasteiger partial charge in [0.15, 0.2) is 16.9 Å². The topological polar surface area (TPSA) is 179 Å². The summed E-state index contributed by atoms with van der Waals surface area (Å²) in [5, 5.41) is 19.2. The molecule has 364 valence electrons. The maximum absolute atomic E-state index is 15.3. The van der Waals surface area contributed by atoms with Crippen LogP contribution in [0.1, 0.15) is 66.1 Å². The predicted octanol–water partition coefficient (Wildman–Crippen LogP) is 9.49. The molecule has 0 spiro atoms. The number of ether oxygens (including phenoxy) is 2. The minimum absolute atomic E-state index is 0.0112. The van der Waals surface area contributed by atoms with Crippen LogP contribution in [0.2, 0.25) is 0 Å². The third kappa shape index (κ3) is 9.92. The van der Waals surface area contributed by atoms with Gasteiger partial charge in [-0.25, -0.2) is 19.3 Å². The third-order valence-corrected chi connectivity index (χ3v) is 15.1. The number of aryl methyl sites for hydroxylation is 1. The molecule has 15 nitrogen and oxygen atoms in total. The highest BCUT2D eigenvalue weighted by molar-refractivity contribution is 8.22. The number of anilines is 1. The maximum Gasteiger partial charge on any atom is 0.413 e. The first-order valence-corrected chi connectivity index (χ1v) is 25.8. The Kier molecular flexibility index (Phi) is 14.5. The lowest BCUT2D eigenvalue weighted by molar-refractivity contribution is -0.155. The molecule has 72 heavy (non-hydrogen) atoms. The summed E-state index contributed by atoms with van der Waals surface area (Å²) in [4.78, 5) is 69.4. The number of carbonyl (C=O) groups excluding carboxylic acids is 4. The molecule has 2 aliphatic heterocycles. The van der Waals surface area contributed by atoms with E-state index in [-0.39, 0.29) is 28.0 Å². The fourth-order valence-corrected chi connectivity index (χ4v) is 12.0. The number of hydrogen-bond acceptors (Lipinski definition) is 15. The van der Waals surface area contributed by atoms with Crippen molar-refractivity contribution < 1.29 is 33.5 Å². The second-order valence-electron chi connectivity index (χ2n) is 17.4. The van der Waals surface area contributed by atoms with Crippen LogP contribution in [0.4, 0.5) is 9.93 Å². The molecule has 0 bridgehead atoms. The molecule has 0 radical (unpaired) electrons. The number of hydrogen-bond donors (Lipinski definition) is 2. The largest absolute Gasteiger partial charge is 0.448 e. The van der Waals surface area contributed by atoms with Gasteiger partial charge < -0.3 is 19.6 Å². The number of β-lactam (4-membered cyclic amide) rings is 1. The summed E-state index contributed by atoms with van der Waals surface area (Å²) >= 11 is 8.67.